The van der Waals surface area contributed by atoms with E-state index in [4.69, 9.17) is 14.2 Å². The van der Waals surface area contributed by atoms with Gasteiger partial charge >= 0.3 is 5.97 Å². The van der Waals surface area contributed by atoms with E-state index < -0.39 is 5.97 Å². The smallest absolute Gasteiger partial charge is 0.330 e. The van der Waals surface area contributed by atoms with Crippen LogP contribution >= 0.6 is 0 Å². The molecule has 16 heavy (non-hydrogen) atoms. The van der Waals surface area contributed by atoms with E-state index in [2.05, 4.69) is 6.58 Å². The molecule has 1 aliphatic heterocycles. The first-order valence-electron chi connectivity index (χ1n) is 5.85. The molecule has 1 heterocycles. The maximum atomic E-state index is 10.9. The van der Waals surface area contributed by atoms with Crippen LogP contribution in [0.15, 0.2) is 12.7 Å². The normalized spacial score (nSPS) is 27.9. The van der Waals surface area contributed by atoms with Crippen molar-refractivity contribution in [3.63, 3.8) is 0 Å². The molecule has 0 radical (unpaired) electrons. The Morgan fingerprint density at radius 1 is 1.44 bits per heavy atom. The third-order valence-electron chi connectivity index (χ3n) is 3.11. The van der Waals surface area contributed by atoms with Gasteiger partial charge in [-0.1, -0.05) is 13.0 Å². The van der Waals surface area contributed by atoms with Crippen molar-refractivity contribution in [1.29, 1.82) is 0 Å². The molecule has 2 aliphatic rings. The zero-order valence-electron chi connectivity index (χ0n) is 9.44. The monoisotopic (exact) mass is 226 g/mol. The summed E-state index contributed by atoms with van der Waals surface area (Å²) in [5.41, 5.74) is 0. The van der Waals surface area contributed by atoms with Crippen LogP contribution in [0.4, 0.5) is 0 Å². The molecule has 1 atom stereocenters. The van der Waals surface area contributed by atoms with E-state index in [9.17, 15) is 4.79 Å². The molecule has 1 saturated heterocycles. The molecule has 2 fully saturated rings. The molecule has 2 rings (SSSR count). The summed E-state index contributed by atoms with van der Waals surface area (Å²) >= 11 is 0. The van der Waals surface area contributed by atoms with Crippen LogP contribution in [0, 0.1) is 0 Å². The second-order valence-corrected chi connectivity index (χ2v) is 4.36. The molecular formula is C12H18O4. The third kappa shape index (κ3) is 2.62. The molecule has 0 aromatic rings. The number of esters is 1. The van der Waals surface area contributed by atoms with E-state index >= 15 is 0 Å². The molecule has 4 heteroatoms. The topological polar surface area (TPSA) is 44.8 Å². The fourth-order valence-corrected chi connectivity index (χ4v) is 2.29. The van der Waals surface area contributed by atoms with E-state index in [1.54, 1.807) is 0 Å². The van der Waals surface area contributed by atoms with E-state index in [-0.39, 0.29) is 18.5 Å². The van der Waals surface area contributed by atoms with Crippen molar-refractivity contribution in [2.45, 2.75) is 44.0 Å². The molecule has 0 N–H and O–H groups in total. The van der Waals surface area contributed by atoms with Crippen LogP contribution in [-0.2, 0) is 19.0 Å². The van der Waals surface area contributed by atoms with Crippen LogP contribution in [0.2, 0.25) is 0 Å². The van der Waals surface area contributed by atoms with Gasteiger partial charge in [0.1, 0.15) is 12.7 Å². The Bertz CT molecular complexity index is 268. The first-order chi connectivity index (χ1) is 7.74. The average molecular weight is 226 g/mol. The number of ether oxygens (including phenoxy) is 3. The first-order valence-corrected chi connectivity index (χ1v) is 5.85. The lowest BCUT2D eigenvalue weighted by atomic mass is 9.94. The number of rotatable bonds is 3. The lowest BCUT2D eigenvalue weighted by Gasteiger charge is -2.31. The second kappa shape index (κ2) is 4.97. The number of hydrogen-bond acceptors (Lipinski definition) is 4. The van der Waals surface area contributed by atoms with E-state index in [0.717, 1.165) is 31.8 Å². The standard InChI is InChI=1S/C12H18O4/c1-2-11(13)14-8-10-9-15-12(16-10)6-4-3-5-7-12/h2,10H,1,3-9H2. The fourth-order valence-electron chi connectivity index (χ4n) is 2.29. The van der Waals surface area contributed by atoms with Gasteiger partial charge in [-0.05, 0) is 12.8 Å². The highest BCUT2D eigenvalue weighted by atomic mass is 16.8. The van der Waals surface area contributed by atoms with Crippen molar-refractivity contribution in [3.8, 4) is 0 Å². The Morgan fingerprint density at radius 3 is 2.88 bits per heavy atom. The highest BCUT2D eigenvalue weighted by Gasteiger charge is 2.42. The van der Waals surface area contributed by atoms with E-state index in [1.165, 1.54) is 6.42 Å². The summed E-state index contributed by atoms with van der Waals surface area (Å²) in [6, 6.07) is 0. The van der Waals surface area contributed by atoms with Gasteiger partial charge in [-0.3, -0.25) is 0 Å². The van der Waals surface area contributed by atoms with Gasteiger partial charge in [0.15, 0.2) is 5.79 Å². The predicted molar refractivity (Wildman–Crippen MR) is 57.8 cm³/mol. The van der Waals surface area contributed by atoms with Crippen LogP contribution in [0.5, 0.6) is 0 Å². The molecule has 1 spiro atoms. The van der Waals surface area contributed by atoms with Crippen LogP contribution in [-0.4, -0.2) is 31.1 Å². The lowest BCUT2D eigenvalue weighted by molar-refractivity contribution is -0.192. The molecular weight excluding hydrogens is 208 g/mol. The Balaban J connectivity index is 1.78. The van der Waals surface area contributed by atoms with Crippen molar-refractivity contribution in [3.05, 3.63) is 12.7 Å². The summed E-state index contributed by atoms with van der Waals surface area (Å²) in [5.74, 6) is -0.794. The summed E-state index contributed by atoms with van der Waals surface area (Å²) < 4.78 is 16.5. The van der Waals surface area contributed by atoms with Gasteiger partial charge in [0.05, 0.1) is 6.61 Å². The Kier molecular flexibility index (Phi) is 3.61. The first kappa shape index (κ1) is 11.6. The van der Waals surface area contributed by atoms with E-state index in [1.807, 2.05) is 0 Å². The SMILES string of the molecule is C=CC(=O)OCC1COC2(CCCCC2)O1. The largest absolute Gasteiger partial charge is 0.460 e. The summed E-state index contributed by atoms with van der Waals surface area (Å²) in [5, 5.41) is 0. The molecule has 0 bridgehead atoms. The van der Waals surface area contributed by atoms with Crippen LogP contribution in [0.1, 0.15) is 32.1 Å². The fraction of sp³-hybridized carbons (Fsp3) is 0.750. The van der Waals surface area contributed by atoms with E-state index in [0.29, 0.717) is 6.61 Å². The molecule has 0 amide bonds. The number of carbonyl (C=O) groups excluding carboxylic acids is 1. The summed E-state index contributed by atoms with van der Waals surface area (Å²) in [7, 11) is 0. The molecule has 0 aromatic carbocycles. The molecule has 0 aromatic heterocycles. The van der Waals surface area contributed by atoms with Gasteiger partial charge in [0.25, 0.3) is 0 Å². The Morgan fingerprint density at radius 2 is 2.19 bits per heavy atom. The summed E-state index contributed by atoms with van der Waals surface area (Å²) in [4.78, 5) is 10.9. The van der Waals surface area contributed by atoms with Gasteiger partial charge in [-0.25, -0.2) is 4.79 Å². The maximum absolute atomic E-state index is 10.9. The van der Waals surface area contributed by atoms with Crippen molar-refractivity contribution in [1.82, 2.24) is 0 Å². The molecule has 1 aliphatic carbocycles. The summed E-state index contributed by atoms with van der Waals surface area (Å²) in [6.07, 6.45) is 6.51. The van der Waals surface area contributed by atoms with Crippen LogP contribution in [0.3, 0.4) is 0 Å². The van der Waals surface area contributed by atoms with Gasteiger partial charge in [0.2, 0.25) is 0 Å². The zero-order chi connectivity index (χ0) is 11.4. The lowest BCUT2D eigenvalue weighted by Crippen LogP contribution is -2.34. The van der Waals surface area contributed by atoms with Gasteiger partial charge in [-0.2, -0.15) is 0 Å². The zero-order valence-corrected chi connectivity index (χ0v) is 9.44. The number of hydrogen-bond donors (Lipinski definition) is 0. The minimum absolute atomic E-state index is 0.123. The highest BCUT2D eigenvalue weighted by molar-refractivity contribution is 5.81. The minimum atomic E-state index is -0.409. The third-order valence-corrected chi connectivity index (χ3v) is 3.11. The maximum Gasteiger partial charge on any atom is 0.330 e. The Labute approximate surface area is 95.6 Å². The minimum Gasteiger partial charge on any atom is -0.460 e. The van der Waals surface area contributed by atoms with Gasteiger partial charge in [0, 0.05) is 18.9 Å². The quantitative estimate of drug-likeness (QED) is 0.543. The predicted octanol–water partition coefficient (Wildman–Crippen LogP) is 1.79. The molecule has 90 valence electrons. The molecule has 1 saturated carbocycles. The van der Waals surface area contributed by atoms with Crippen molar-refractivity contribution in [2.24, 2.45) is 0 Å². The van der Waals surface area contributed by atoms with Crippen molar-refractivity contribution in [2.75, 3.05) is 13.2 Å². The summed E-state index contributed by atoms with van der Waals surface area (Å²) in [6.45, 7) is 4.12. The second-order valence-electron chi connectivity index (χ2n) is 4.36. The number of carbonyl (C=O) groups is 1. The van der Waals surface area contributed by atoms with Crippen LogP contribution < -0.4 is 0 Å². The van der Waals surface area contributed by atoms with Crippen molar-refractivity contribution < 1.29 is 19.0 Å². The van der Waals surface area contributed by atoms with Gasteiger partial charge in [-0.15, -0.1) is 0 Å². The average Bonchev–Trinajstić information content (AvgIpc) is 2.70. The molecule has 1 unspecified atom stereocenters. The Hall–Kier alpha value is -0.870. The van der Waals surface area contributed by atoms with Gasteiger partial charge < -0.3 is 14.2 Å². The van der Waals surface area contributed by atoms with Crippen LogP contribution in [0.25, 0.3) is 0 Å². The van der Waals surface area contributed by atoms with Crippen molar-refractivity contribution >= 4 is 5.97 Å². The molecule has 4 nitrogen and oxygen atoms in total. The highest BCUT2D eigenvalue weighted by Crippen LogP contribution is 2.37.